The van der Waals surface area contributed by atoms with Crippen molar-refractivity contribution in [2.24, 2.45) is 5.92 Å². The van der Waals surface area contributed by atoms with Crippen molar-refractivity contribution in [3.63, 3.8) is 0 Å². The maximum absolute atomic E-state index is 13.8. The fourth-order valence-corrected chi connectivity index (χ4v) is 5.17. The number of rotatable bonds is 4. The fourth-order valence-electron chi connectivity index (χ4n) is 5.17. The quantitative estimate of drug-likeness (QED) is 0.390. The normalized spacial score (nSPS) is 22.0. The Balaban J connectivity index is 1.48. The number of carbonyl (C=O) groups is 2. The van der Waals surface area contributed by atoms with Crippen molar-refractivity contribution in [2.45, 2.75) is 25.5 Å². The molecule has 2 saturated heterocycles. The van der Waals surface area contributed by atoms with Crippen LogP contribution in [-0.4, -0.2) is 17.9 Å². The van der Waals surface area contributed by atoms with Gasteiger partial charge in [0.1, 0.15) is 5.92 Å². The Hall–Kier alpha value is -3.96. The van der Waals surface area contributed by atoms with Crippen molar-refractivity contribution in [1.82, 2.24) is 0 Å². The Labute approximate surface area is 198 Å². The van der Waals surface area contributed by atoms with Crippen LogP contribution in [0.2, 0.25) is 0 Å². The molecule has 0 bridgehead atoms. The summed E-state index contributed by atoms with van der Waals surface area (Å²) in [7, 11) is 0. The second-order valence-corrected chi connectivity index (χ2v) is 8.76. The number of aryl methyl sites for hydroxylation is 1. The van der Waals surface area contributed by atoms with E-state index in [2.05, 4.69) is 25.1 Å². The number of carbonyl (C=O) groups excluding carboxylic acids is 2. The molecule has 0 N–H and O–H groups in total. The van der Waals surface area contributed by atoms with Crippen LogP contribution in [0.15, 0.2) is 97.1 Å². The number of nitrogens with zero attached hydrogens (tertiary/aromatic N) is 2. The highest BCUT2D eigenvalue weighted by atomic mass is 16.7. The minimum absolute atomic E-state index is 0.226. The summed E-state index contributed by atoms with van der Waals surface area (Å²) in [5.41, 5.74) is 3.53. The molecule has 2 heterocycles. The van der Waals surface area contributed by atoms with Crippen molar-refractivity contribution < 1.29 is 14.4 Å². The minimum atomic E-state index is -0.873. The molecule has 34 heavy (non-hydrogen) atoms. The summed E-state index contributed by atoms with van der Waals surface area (Å²) in [4.78, 5) is 35.0. The lowest BCUT2D eigenvalue weighted by Crippen LogP contribution is -2.37. The molecule has 0 unspecified atom stereocenters. The Kier molecular flexibility index (Phi) is 4.93. The molecule has 168 valence electrons. The van der Waals surface area contributed by atoms with E-state index < -0.39 is 18.1 Å². The largest absolute Gasteiger partial charge is 0.273 e. The number of para-hydroxylation sites is 1. The van der Waals surface area contributed by atoms with Gasteiger partial charge in [-0.25, -0.2) is 9.96 Å². The highest BCUT2D eigenvalue weighted by Crippen LogP contribution is 2.48. The third kappa shape index (κ3) is 3.12. The van der Waals surface area contributed by atoms with E-state index in [0.29, 0.717) is 5.69 Å². The van der Waals surface area contributed by atoms with Gasteiger partial charge in [0, 0.05) is 0 Å². The van der Waals surface area contributed by atoms with Gasteiger partial charge in [0.15, 0.2) is 6.10 Å². The third-order valence-corrected chi connectivity index (χ3v) is 6.87. The van der Waals surface area contributed by atoms with Crippen LogP contribution in [0.5, 0.6) is 0 Å². The topological polar surface area (TPSA) is 49.9 Å². The maximum atomic E-state index is 13.8. The molecule has 2 aliphatic heterocycles. The predicted molar refractivity (Wildman–Crippen MR) is 132 cm³/mol. The second-order valence-electron chi connectivity index (χ2n) is 8.76. The molecule has 2 amide bonds. The first kappa shape index (κ1) is 20.6. The molecule has 0 radical (unpaired) electrons. The highest BCUT2D eigenvalue weighted by molar-refractivity contribution is 6.24. The van der Waals surface area contributed by atoms with Gasteiger partial charge in [-0.05, 0) is 52.6 Å². The van der Waals surface area contributed by atoms with Gasteiger partial charge in [-0.15, -0.1) is 0 Å². The van der Waals surface area contributed by atoms with Crippen molar-refractivity contribution in [3.8, 4) is 0 Å². The third-order valence-electron chi connectivity index (χ3n) is 6.87. The van der Waals surface area contributed by atoms with E-state index in [1.54, 1.807) is 5.06 Å². The molecular formula is C29H24N2O3. The monoisotopic (exact) mass is 448 g/mol. The van der Waals surface area contributed by atoms with Crippen LogP contribution < -0.4 is 9.96 Å². The van der Waals surface area contributed by atoms with E-state index in [9.17, 15) is 9.59 Å². The van der Waals surface area contributed by atoms with Gasteiger partial charge < -0.3 is 0 Å². The van der Waals surface area contributed by atoms with Gasteiger partial charge in [-0.3, -0.25) is 14.4 Å². The molecule has 0 saturated carbocycles. The van der Waals surface area contributed by atoms with Crippen LogP contribution in [0.3, 0.4) is 0 Å². The molecule has 5 heteroatoms. The SMILES string of the molecule is CCc1ccc(N2C(=O)[C@H]3[C@H](ON(c4ccccc4)[C@H]3c3cccc4ccccc34)C2=O)cc1. The zero-order valence-electron chi connectivity index (χ0n) is 18.8. The first-order valence-electron chi connectivity index (χ1n) is 11.6. The van der Waals surface area contributed by atoms with Gasteiger partial charge in [0.2, 0.25) is 5.91 Å². The molecule has 6 rings (SSSR count). The van der Waals surface area contributed by atoms with E-state index in [1.807, 2.05) is 78.9 Å². The number of imide groups is 1. The van der Waals surface area contributed by atoms with Crippen LogP contribution in [0.4, 0.5) is 11.4 Å². The van der Waals surface area contributed by atoms with Crippen molar-refractivity contribution in [2.75, 3.05) is 9.96 Å². The highest BCUT2D eigenvalue weighted by Gasteiger charge is 2.60. The van der Waals surface area contributed by atoms with E-state index in [4.69, 9.17) is 4.84 Å². The predicted octanol–water partition coefficient (Wildman–Crippen LogP) is 5.45. The maximum Gasteiger partial charge on any atom is 0.266 e. The van der Waals surface area contributed by atoms with Crippen LogP contribution in [0.1, 0.15) is 24.1 Å². The Morgan fingerprint density at radius 2 is 1.44 bits per heavy atom. The molecule has 5 nitrogen and oxygen atoms in total. The standard InChI is InChI=1S/C29H24N2O3/c1-2-19-15-17-21(18-16-19)30-28(32)25-26(24-14-8-10-20-9-6-7-13-23(20)24)31(34-27(25)29(30)33)22-11-4-3-5-12-22/h3-18,25-27H,2H2,1H3/t25-,26+,27+/m1/s1. The van der Waals surface area contributed by atoms with E-state index >= 15 is 0 Å². The average Bonchev–Trinajstić information content (AvgIpc) is 3.40. The lowest BCUT2D eigenvalue weighted by Gasteiger charge is -2.29. The van der Waals surface area contributed by atoms with Gasteiger partial charge in [0.05, 0.1) is 17.4 Å². The lowest BCUT2D eigenvalue weighted by molar-refractivity contribution is -0.126. The Morgan fingerprint density at radius 3 is 2.21 bits per heavy atom. The molecule has 0 aromatic heterocycles. The number of hydrogen-bond acceptors (Lipinski definition) is 4. The van der Waals surface area contributed by atoms with Crippen LogP contribution in [0.25, 0.3) is 10.8 Å². The zero-order chi connectivity index (χ0) is 23.2. The molecule has 2 fully saturated rings. The summed E-state index contributed by atoms with van der Waals surface area (Å²) >= 11 is 0. The number of fused-ring (bicyclic) bond motifs is 2. The van der Waals surface area contributed by atoms with Crippen molar-refractivity contribution in [3.05, 3.63) is 108 Å². The lowest BCUT2D eigenvalue weighted by atomic mass is 9.87. The Bertz CT molecular complexity index is 1380. The summed E-state index contributed by atoms with van der Waals surface area (Å²) in [6.07, 6.45) is 0.0219. The summed E-state index contributed by atoms with van der Waals surface area (Å²) in [6, 6.07) is 31.1. The number of hydroxylamine groups is 1. The molecule has 0 spiro atoms. The molecule has 0 aliphatic carbocycles. The zero-order valence-corrected chi connectivity index (χ0v) is 18.8. The fraction of sp³-hybridized carbons (Fsp3) is 0.172. The summed E-state index contributed by atoms with van der Waals surface area (Å²) in [5.74, 6) is -1.19. The first-order valence-corrected chi connectivity index (χ1v) is 11.6. The number of amides is 2. The van der Waals surface area contributed by atoms with Gasteiger partial charge in [0.25, 0.3) is 5.91 Å². The second kappa shape index (κ2) is 8.12. The first-order chi connectivity index (χ1) is 16.7. The molecule has 3 atom stereocenters. The van der Waals surface area contributed by atoms with E-state index in [-0.39, 0.29) is 11.8 Å². The summed E-state index contributed by atoms with van der Waals surface area (Å²) < 4.78 is 0. The van der Waals surface area contributed by atoms with Crippen LogP contribution >= 0.6 is 0 Å². The van der Waals surface area contributed by atoms with Crippen molar-refractivity contribution in [1.29, 1.82) is 0 Å². The minimum Gasteiger partial charge on any atom is -0.273 e. The van der Waals surface area contributed by atoms with Gasteiger partial charge in [-0.1, -0.05) is 79.7 Å². The Morgan fingerprint density at radius 1 is 0.735 bits per heavy atom. The summed E-state index contributed by atoms with van der Waals surface area (Å²) in [5, 5.41) is 3.89. The molecule has 2 aliphatic rings. The van der Waals surface area contributed by atoms with E-state index in [1.165, 1.54) is 4.90 Å². The van der Waals surface area contributed by atoms with Crippen LogP contribution in [-0.2, 0) is 20.8 Å². The van der Waals surface area contributed by atoms with E-state index in [0.717, 1.165) is 34.0 Å². The van der Waals surface area contributed by atoms with Crippen LogP contribution in [0, 0.1) is 5.92 Å². The summed E-state index contributed by atoms with van der Waals surface area (Å²) in [6.45, 7) is 2.08. The number of benzene rings is 4. The smallest absolute Gasteiger partial charge is 0.266 e. The molecule has 4 aromatic rings. The molecule has 4 aromatic carbocycles. The van der Waals surface area contributed by atoms with Crippen molar-refractivity contribution >= 4 is 34.0 Å². The van der Waals surface area contributed by atoms with Gasteiger partial charge in [-0.2, -0.15) is 0 Å². The molecular weight excluding hydrogens is 424 g/mol. The van der Waals surface area contributed by atoms with Gasteiger partial charge >= 0.3 is 0 Å². The number of anilines is 2. The average molecular weight is 449 g/mol. The number of hydrogen-bond donors (Lipinski definition) is 0.